The molecule has 0 aliphatic carbocycles. The number of nitrogens with one attached hydrogen (secondary N) is 1. The second-order valence-electron chi connectivity index (χ2n) is 4.20. The summed E-state index contributed by atoms with van der Waals surface area (Å²) in [6.07, 6.45) is 0. The van der Waals surface area contributed by atoms with Gasteiger partial charge in [-0.25, -0.2) is 4.98 Å². The SMILES string of the molecule is Cc1nc(C)c(-c2[nH]nc(N)c2C(C)C)s1. The molecule has 0 spiro atoms. The van der Waals surface area contributed by atoms with E-state index in [0.29, 0.717) is 11.7 Å². The Balaban J connectivity index is 2.60. The van der Waals surface area contributed by atoms with Gasteiger partial charge in [0.2, 0.25) is 0 Å². The highest BCUT2D eigenvalue weighted by Crippen LogP contribution is 2.36. The third kappa shape index (κ3) is 1.71. The molecule has 0 atom stereocenters. The number of nitrogens with two attached hydrogens (primary N) is 1. The summed E-state index contributed by atoms with van der Waals surface area (Å²) < 4.78 is 0. The monoisotopic (exact) mass is 236 g/mol. The molecule has 5 heteroatoms. The van der Waals surface area contributed by atoms with Gasteiger partial charge in [0, 0.05) is 5.56 Å². The zero-order chi connectivity index (χ0) is 11.9. The summed E-state index contributed by atoms with van der Waals surface area (Å²) in [5.74, 6) is 0.950. The summed E-state index contributed by atoms with van der Waals surface area (Å²) in [5, 5.41) is 8.18. The number of H-pyrrole nitrogens is 1. The molecule has 2 rings (SSSR count). The normalized spacial score (nSPS) is 11.3. The molecule has 0 aliphatic heterocycles. The molecule has 2 aromatic rings. The smallest absolute Gasteiger partial charge is 0.149 e. The van der Waals surface area contributed by atoms with Crippen molar-refractivity contribution in [1.82, 2.24) is 15.2 Å². The molecule has 0 saturated carbocycles. The van der Waals surface area contributed by atoms with Gasteiger partial charge in [0.05, 0.1) is 21.3 Å². The first-order valence-corrected chi connectivity index (χ1v) is 6.10. The van der Waals surface area contributed by atoms with Crippen molar-refractivity contribution in [3.63, 3.8) is 0 Å². The van der Waals surface area contributed by atoms with Gasteiger partial charge in [-0.3, -0.25) is 5.10 Å². The maximum Gasteiger partial charge on any atom is 0.149 e. The third-order valence-corrected chi connectivity index (χ3v) is 3.63. The van der Waals surface area contributed by atoms with E-state index in [1.165, 1.54) is 0 Å². The van der Waals surface area contributed by atoms with Crippen LogP contribution in [-0.2, 0) is 0 Å². The Labute approximate surface area is 98.9 Å². The largest absolute Gasteiger partial charge is 0.382 e. The lowest BCUT2D eigenvalue weighted by molar-refractivity contribution is 0.873. The highest BCUT2D eigenvalue weighted by atomic mass is 32.1. The third-order valence-electron chi connectivity index (χ3n) is 2.54. The first-order chi connectivity index (χ1) is 7.50. The fourth-order valence-corrected chi connectivity index (χ4v) is 2.81. The second-order valence-corrected chi connectivity index (χ2v) is 5.40. The number of aryl methyl sites for hydroxylation is 2. The topological polar surface area (TPSA) is 67.6 Å². The van der Waals surface area contributed by atoms with Crippen LogP contribution in [0.4, 0.5) is 5.82 Å². The molecular formula is C11H16N4S. The predicted octanol–water partition coefficient (Wildman–Crippen LogP) is 2.86. The van der Waals surface area contributed by atoms with Crippen LogP contribution in [-0.4, -0.2) is 15.2 Å². The molecule has 86 valence electrons. The maximum atomic E-state index is 5.88. The van der Waals surface area contributed by atoms with E-state index >= 15 is 0 Å². The van der Waals surface area contributed by atoms with Crippen LogP contribution < -0.4 is 5.73 Å². The van der Waals surface area contributed by atoms with Gasteiger partial charge in [-0.2, -0.15) is 5.10 Å². The minimum Gasteiger partial charge on any atom is -0.382 e. The fourth-order valence-electron chi connectivity index (χ4n) is 1.89. The van der Waals surface area contributed by atoms with Crippen molar-refractivity contribution < 1.29 is 0 Å². The molecule has 16 heavy (non-hydrogen) atoms. The summed E-state index contributed by atoms with van der Waals surface area (Å²) in [5.41, 5.74) is 9.03. The van der Waals surface area contributed by atoms with Gasteiger partial charge in [-0.05, 0) is 19.8 Å². The molecule has 0 bridgehead atoms. The molecule has 0 unspecified atom stereocenters. The van der Waals surface area contributed by atoms with Gasteiger partial charge in [0.25, 0.3) is 0 Å². The minimum atomic E-state index is 0.357. The Kier molecular flexibility index (Phi) is 2.71. The average Bonchev–Trinajstić information content (AvgIpc) is 2.69. The van der Waals surface area contributed by atoms with Crippen molar-refractivity contribution in [2.75, 3.05) is 5.73 Å². The van der Waals surface area contributed by atoms with E-state index < -0.39 is 0 Å². The van der Waals surface area contributed by atoms with E-state index in [2.05, 4.69) is 29.0 Å². The molecule has 0 saturated heterocycles. The van der Waals surface area contributed by atoms with Crippen molar-refractivity contribution in [1.29, 1.82) is 0 Å². The first kappa shape index (κ1) is 11.1. The maximum absolute atomic E-state index is 5.88. The van der Waals surface area contributed by atoms with Gasteiger partial charge in [-0.15, -0.1) is 11.3 Å². The van der Waals surface area contributed by atoms with E-state index in [1.54, 1.807) is 11.3 Å². The number of aromatic amines is 1. The molecule has 0 amide bonds. The number of nitrogen functional groups attached to an aromatic ring is 1. The van der Waals surface area contributed by atoms with Crippen LogP contribution in [0.5, 0.6) is 0 Å². The molecule has 0 radical (unpaired) electrons. The Morgan fingerprint density at radius 2 is 2.00 bits per heavy atom. The van der Waals surface area contributed by atoms with Crippen LogP contribution >= 0.6 is 11.3 Å². The predicted molar refractivity (Wildman–Crippen MR) is 67.7 cm³/mol. The van der Waals surface area contributed by atoms with E-state index in [-0.39, 0.29) is 0 Å². The lowest BCUT2D eigenvalue weighted by atomic mass is 10.0. The molecule has 3 N–H and O–H groups in total. The lowest BCUT2D eigenvalue weighted by Crippen LogP contribution is -1.95. The van der Waals surface area contributed by atoms with Crippen LogP contribution in [0.15, 0.2) is 0 Å². The number of thiazole rings is 1. The molecule has 0 aromatic carbocycles. The number of rotatable bonds is 2. The minimum absolute atomic E-state index is 0.357. The van der Waals surface area contributed by atoms with Gasteiger partial charge in [0.15, 0.2) is 0 Å². The molecule has 0 fully saturated rings. The fraction of sp³-hybridized carbons (Fsp3) is 0.455. The Morgan fingerprint density at radius 1 is 1.31 bits per heavy atom. The quantitative estimate of drug-likeness (QED) is 0.842. The Hall–Kier alpha value is -1.36. The van der Waals surface area contributed by atoms with Crippen molar-refractivity contribution in [2.45, 2.75) is 33.6 Å². The lowest BCUT2D eigenvalue weighted by Gasteiger charge is -2.05. The van der Waals surface area contributed by atoms with Crippen LogP contribution in [0.2, 0.25) is 0 Å². The van der Waals surface area contributed by atoms with Crippen molar-refractivity contribution in [2.24, 2.45) is 0 Å². The summed E-state index contributed by atoms with van der Waals surface area (Å²) in [7, 11) is 0. The van der Waals surface area contributed by atoms with E-state index in [1.807, 2.05) is 13.8 Å². The average molecular weight is 236 g/mol. The highest BCUT2D eigenvalue weighted by molar-refractivity contribution is 7.15. The number of anilines is 1. The van der Waals surface area contributed by atoms with E-state index in [0.717, 1.165) is 26.8 Å². The molecule has 4 nitrogen and oxygen atoms in total. The summed E-state index contributed by atoms with van der Waals surface area (Å²) in [6, 6.07) is 0. The molecule has 2 aromatic heterocycles. The Bertz CT molecular complexity index is 510. The zero-order valence-corrected chi connectivity index (χ0v) is 10.8. The van der Waals surface area contributed by atoms with E-state index in [9.17, 15) is 0 Å². The Morgan fingerprint density at radius 3 is 2.50 bits per heavy atom. The molecule has 0 aliphatic rings. The second kappa shape index (κ2) is 3.90. The van der Waals surface area contributed by atoms with Crippen molar-refractivity contribution in [3.8, 4) is 10.6 Å². The van der Waals surface area contributed by atoms with Crippen molar-refractivity contribution >= 4 is 17.2 Å². The van der Waals surface area contributed by atoms with Crippen LogP contribution in [0.25, 0.3) is 10.6 Å². The first-order valence-electron chi connectivity index (χ1n) is 5.28. The summed E-state index contributed by atoms with van der Waals surface area (Å²) in [6.45, 7) is 8.26. The van der Waals surface area contributed by atoms with Gasteiger partial charge in [-0.1, -0.05) is 13.8 Å². The summed E-state index contributed by atoms with van der Waals surface area (Å²) in [4.78, 5) is 5.57. The van der Waals surface area contributed by atoms with Crippen molar-refractivity contribution in [3.05, 3.63) is 16.3 Å². The number of hydrogen-bond donors (Lipinski definition) is 2. The number of nitrogens with zero attached hydrogens (tertiary/aromatic N) is 2. The van der Waals surface area contributed by atoms with Gasteiger partial charge >= 0.3 is 0 Å². The summed E-state index contributed by atoms with van der Waals surface area (Å²) >= 11 is 1.67. The number of aromatic nitrogens is 3. The number of hydrogen-bond acceptors (Lipinski definition) is 4. The van der Waals surface area contributed by atoms with Crippen LogP contribution in [0.1, 0.15) is 36.0 Å². The van der Waals surface area contributed by atoms with Gasteiger partial charge in [0.1, 0.15) is 5.82 Å². The molecule has 2 heterocycles. The van der Waals surface area contributed by atoms with E-state index in [4.69, 9.17) is 5.73 Å². The highest BCUT2D eigenvalue weighted by Gasteiger charge is 2.19. The standard InChI is InChI=1S/C11H16N4S/c1-5(2)8-9(14-15-11(8)12)10-6(3)13-7(4)16-10/h5H,1-4H3,(H3,12,14,15). The van der Waals surface area contributed by atoms with Crippen LogP contribution in [0.3, 0.4) is 0 Å². The van der Waals surface area contributed by atoms with Crippen LogP contribution in [0, 0.1) is 13.8 Å². The van der Waals surface area contributed by atoms with Gasteiger partial charge < -0.3 is 5.73 Å². The zero-order valence-electron chi connectivity index (χ0n) is 9.96. The molecular weight excluding hydrogens is 220 g/mol.